The van der Waals surface area contributed by atoms with Gasteiger partial charge in [0.1, 0.15) is 12.1 Å². The molecule has 0 heterocycles. The summed E-state index contributed by atoms with van der Waals surface area (Å²) in [5.41, 5.74) is 16.1. The lowest BCUT2D eigenvalue weighted by Gasteiger charge is -2.26. The van der Waals surface area contributed by atoms with Crippen LogP contribution in [0.25, 0.3) is 0 Å². The summed E-state index contributed by atoms with van der Waals surface area (Å²) in [7, 11) is 0. The number of aliphatic carboxylic acids is 1. The standard InChI is InChI=1S/C17H33N7O7/c1-7(22-14(28)10(18)5-4-6-21-17(19)20)13(27)23-11(8(2)25)15(29)24-12(9(3)26)16(30)31/h7-12,25-26H,4-6,18H2,1-3H3,(H,22,28)(H,23,27)(H,24,29)(H,30,31)(H4,19,20,21). The number of aliphatic imine (C=N–C) groups is 1. The Hall–Kier alpha value is -2.97. The first-order chi connectivity index (χ1) is 14.3. The number of aliphatic hydroxyl groups is 2. The van der Waals surface area contributed by atoms with E-state index in [1.165, 1.54) is 13.8 Å². The fourth-order valence-corrected chi connectivity index (χ4v) is 2.35. The summed E-state index contributed by atoms with van der Waals surface area (Å²) in [6.45, 7) is 3.99. The van der Waals surface area contributed by atoms with Gasteiger partial charge in [-0.15, -0.1) is 0 Å². The molecule has 31 heavy (non-hydrogen) atoms. The highest BCUT2D eigenvalue weighted by atomic mass is 16.4. The molecular formula is C17H33N7O7. The van der Waals surface area contributed by atoms with Crippen LogP contribution < -0.4 is 33.2 Å². The number of guanidine groups is 1. The molecule has 14 heteroatoms. The number of amides is 3. The van der Waals surface area contributed by atoms with Crippen molar-refractivity contribution in [3.05, 3.63) is 0 Å². The third-order valence-electron chi connectivity index (χ3n) is 4.17. The van der Waals surface area contributed by atoms with Crippen LogP contribution in [0.5, 0.6) is 0 Å². The van der Waals surface area contributed by atoms with Crippen molar-refractivity contribution in [2.75, 3.05) is 6.54 Å². The number of carboxylic acid groups (broad SMARTS) is 1. The van der Waals surface area contributed by atoms with Crippen molar-refractivity contribution in [1.29, 1.82) is 0 Å². The summed E-state index contributed by atoms with van der Waals surface area (Å²) in [6.07, 6.45) is -2.12. The molecule has 3 amide bonds. The van der Waals surface area contributed by atoms with Gasteiger partial charge < -0.3 is 48.5 Å². The Morgan fingerprint density at radius 2 is 1.39 bits per heavy atom. The molecule has 0 aromatic heterocycles. The maximum atomic E-state index is 12.3. The number of carbonyl (C=O) groups excluding carboxylic acids is 3. The fraction of sp³-hybridized carbons (Fsp3) is 0.706. The van der Waals surface area contributed by atoms with Crippen molar-refractivity contribution >= 4 is 29.7 Å². The molecule has 0 aromatic rings. The number of nitrogens with one attached hydrogen (secondary N) is 3. The van der Waals surface area contributed by atoms with E-state index >= 15 is 0 Å². The number of nitrogens with two attached hydrogens (primary N) is 3. The van der Waals surface area contributed by atoms with Crippen LogP contribution in [0.1, 0.15) is 33.6 Å². The SMILES string of the molecule is CC(NC(=O)C(N)CCCN=C(N)N)C(=O)NC(C(=O)NC(C(=O)O)C(C)O)C(C)O. The van der Waals surface area contributed by atoms with Crippen molar-refractivity contribution in [3.63, 3.8) is 0 Å². The first-order valence-corrected chi connectivity index (χ1v) is 9.58. The number of rotatable bonds is 13. The Morgan fingerprint density at radius 3 is 1.84 bits per heavy atom. The number of hydrogen-bond donors (Lipinski definition) is 9. The Kier molecular flexibility index (Phi) is 12.1. The Morgan fingerprint density at radius 1 is 0.871 bits per heavy atom. The molecule has 0 saturated carbocycles. The molecule has 0 aliphatic carbocycles. The van der Waals surface area contributed by atoms with E-state index in [1.54, 1.807) is 0 Å². The highest BCUT2D eigenvalue weighted by molar-refractivity contribution is 5.94. The van der Waals surface area contributed by atoms with Crippen LogP contribution in [0.4, 0.5) is 0 Å². The molecule has 0 radical (unpaired) electrons. The van der Waals surface area contributed by atoms with Gasteiger partial charge in [-0.1, -0.05) is 0 Å². The molecule has 0 rings (SSSR count). The lowest BCUT2D eigenvalue weighted by atomic mass is 10.1. The average Bonchev–Trinajstić information content (AvgIpc) is 2.65. The average molecular weight is 447 g/mol. The highest BCUT2D eigenvalue weighted by Gasteiger charge is 2.33. The second kappa shape index (κ2) is 13.4. The third-order valence-corrected chi connectivity index (χ3v) is 4.17. The van der Waals surface area contributed by atoms with Crippen LogP contribution in [-0.4, -0.2) is 87.9 Å². The van der Waals surface area contributed by atoms with Gasteiger partial charge in [0.2, 0.25) is 17.7 Å². The van der Waals surface area contributed by atoms with Gasteiger partial charge in [0, 0.05) is 6.54 Å². The Bertz CT molecular complexity index is 665. The van der Waals surface area contributed by atoms with Gasteiger partial charge in [-0.25, -0.2) is 4.79 Å². The van der Waals surface area contributed by atoms with Gasteiger partial charge in [-0.05, 0) is 33.6 Å². The zero-order valence-electron chi connectivity index (χ0n) is 17.7. The summed E-state index contributed by atoms with van der Waals surface area (Å²) in [6, 6.07) is -5.21. The van der Waals surface area contributed by atoms with E-state index in [2.05, 4.69) is 15.6 Å². The molecular weight excluding hydrogens is 414 g/mol. The molecule has 0 saturated heterocycles. The van der Waals surface area contributed by atoms with Crippen LogP contribution in [0.15, 0.2) is 4.99 Å². The smallest absolute Gasteiger partial charge is 0.328 e. The van der Waals surface area contributed by atoms with Gasteiger partial charge in [0.15, 0.2) is 12.0 Å². The minimum Gasteiger partial charge on any atom is -0.480 e. The minimum atomic E-state index is -1.64. The summed E-state index contributed by atoms with van der Waals surface area (Å²) in [5, 5.41) is 35.0. The molecule has 0 bridgehead atoms. The van der Waals surface area contributed by atoms with E-state index in [4.69, 9.17) is 22.3 Å². The number of carbonyl (C=O) groups is 4. The lowest BCUT2D eigenvalue weighted by molar-refractivity contribution is -0.146. The maximum absolute atomic E-state index is 12.3. The predicted octanol–water partition coefficient (Wildman–Crippen LogP) is -4.31. The zero-order chi connectivity index (χ0) is 24.3. The van der Waals surface area contributed by atoms with Crippen molar-refractivity contribution in [3.8, 4) is 0 Å². The lowest BCUT2D eigenvalue weighted by Crippen LogP contribution is -2.60. The van der Waals surface area contributed by atoms with E-state index in [9.17, 15) is 29.4 Å². The number of nitrogens with zero attached hydrogens (tertiary/aromatic N) is 1. The number of aliphatic hydroxyl groups excluding tert-OH is 2. The van der Waals surface area contributed by atoms with Crippen molar-refractivity contribution in [2.24, 2.45) is 22.2 Å². The van der Waals surface area contributed by atoms with Crippen LogP contribution in [0.2, 0.25) is 0 Å². The molecule has 0 spiro atoms. The summed E-state index contributed by atoms with van der Waals surface area (Å²) < 4.78 is 0. The number of hydrogen-bond acceptors (Lipinski definition) is 8. The fourth-order valence-electron chi connectivity index (χ4n) is 2.35. The van der Waals surface area contributed by atoms with Gasteiger partial charge in [-0.3, -0.25) is 19.4 Å². The van der Waals surface area contributed by atoms with E-state index < -0.39 is 60.1 Å². The molecule has 14 nitrogen and oxygen atoms in total. The molecule has 0 fully saturated rings. The zero-order valence-corrected chi connectivity index (χ0v) is 17.7. The first kappa shape index (κ1) is 28.0. The molecule has 6 atom stereocenters. The van der Waals surface area contributed by atoms with E-state index in [0.717, 1.165) is 6.92 Å². The van der Waals surface area contributed by atoms with E-state index in [0.29, 0.717) is 6.42 Å². The molecule has 0 aliphatic heterocycles. The van der Waals surface area contributed by atoms with Gasteiger partial charge in [-0.2, -0.15) is 0 Å². The van der Waals surface area contributed by atoms with Crippen LogP contribution >= 0.6 is 0 Å². The molecule has 6 unspecified atom stereocenters. The number of carboxylic acids is 1. The van der Waals surface area contributed by atoms with Crippen LogP contribution in [0.3, 0.4) is 0 Å². The van der Waals surface area contributed by atoms with Crippen LogP contribution in [-0.2, 0) is 19.2 Å². The molecule has 178 valence electrons. The maximum Gasteiger partial charge on any atom is 0.328 e. The molecule has 0 aliphatic rings. The molecule has 12 N–H and O–H groups in total. The van der Waals surface area contributed by atoms with E-state index in [-0.39, 0.29) is 18.9 Å². The van der Waals surface area contributed by atoms with E-state index in [1.807, 2.05) is 5.32 Å². The molecule has 0 aromatic carbocycles. The van der Waals surface area contributed by atoms with Gasteiger partial charge in [0.05, 0.1) is 18.2 Å². The third kappa shape index (κ3) is 10.6. The van der Waals surface area contributed by atoms with Gasteiger partial charge >= 0.3 is 5.97 Å². The monoisotopic (exact) mass is 447 g/mol. The van der Waals surface area contributed by atoms with Gasteiger partial charge in [0.25, 0.3) is 0 Å². The summed E-state index contributed by atoms with van der Waals surface area (Å²) in [5.74, 6) is -4.03. The highest BCUT2D eigenvalue weighted by Crippen LogP contribution is 2.01. The Labute approximate surface area is 179 Å². The second-order valence-corrected chi connectivity index (χ2v) is 7.08. The summed E-state index contributed by atoms with van der Waals surface area (Å²) in [4.78, 5) is 51.6. The van der Waals surface area contributed by atoms with Crippen molar-refractivity contribution in [1.82, 2.24) is 16.0 Å². The normalized spacial score (nSPS) is 16.6. The first-order valence-electron chi connectivity index (χ1n) is 9.58. The Balaban J connectivity index is 4.86. The largest absolute Gasteiger partial charge is 0.480 e. The van der Waals surface area contributed by atoms with Crippen molar-refractivity contribution < 1.29 is 34.5 Å². The predicted molar refractivity (Wildman–Crippen MR) is 110 cm³/mol. The minimum absolute atomic E-state index is 0.0804. The summed E-state index contributed by atoms with van der Waals surface area (Å²) >= 11 is 0. The van der Waals surface area contributed by atoms with Crippen molar-refractivity contribution in [2.45, 2.75) is 70.0 Å². The topological polar surface area (TPSA) is 255 Å². The van der Waals surface area contributed by atoms with Crippen LogP contribution in [0, 0.1) is 0 Å². The quantitative estimate of drug-likeness (QED) is 0.0745. The second-order valence-electron chi connectivity index (χ2n) is 7.08.